The van der Waals surface area contributed by atoms with Gasteiger partial charge in [0.2, 0.25) is 0 Å². The lowest BCUT2D eigenvalue weighted by atomic mass is 9.83. The second-order valence-corrected chi connectivity index (χ2v) is 4.45. The molecule has 2 heterocycles. The van der Waals surface area contributed by atoms with Gasteiger partial charge in [-0.1, -0.05) is 12.2 Å². The van der Waals surface area contributed by atoms with E-state index >= 15 is 0 Å². The highest BCUT2D eigenvalue weighted by Gasteiger charge is 2.45. The van der Waals surface area contributed by atoms with Crippen LogP contribution in [0.4, 0.5) is 0 Å². The van der Waals surface area contributed by atoms with E-state index in [0.717, 1.165) is 12.8 Å². The highest BCUT2D eigenvalue weighted by Crippen LogP contribution is 2.38. The molecule has 4 nitrogen and oxygen atoms in total. The Morgan fingerprint density at radius 3 is 3.20 bits per heavy atom. The Bertz CT molecular complexity index is 362. The van der Waals surface area contributed by atoms with Gasteiger partial charge in [-0.3, -0.25) is 5.32 Å². The van der Waals surface area contributed by atoms with Crippen LogP contribution >= 0.6 is 0 Å². The fraction of sp³-hybridized carbons (Fsp3) is 0.545. The van der Waals surface area contributed by atoms with Gasteiger partial charge in [-0.15, -0.1) is 0 Å². The van der Waals surface area contributed by atoms with Crippen molar-refractivity contribution >= 4 is 5.97 Å². The SMILES string of the molecule is O=C(O)C1=CC2C(N1)NC1C=CCCC12. The van der Waals surface area contributed by atoms with E-state index in [1.807, 2.05) is 6.08 Å². The quantitative estimate of drug-likeness (QED) is 0.545. The summed E-state index contributed by atoms with van der Waals surface area (Å²) in [7, 11) is 0. The van der Waals surface area contributed by atoms with Crippen LogP contribution < -0.4 is 10.6 Å². The number of carboxylic acids is 1. The van der Waals surface area contributed by atoms with Crippen LogP contribution in [-0.2, 0) is 4.79 Å². The zero-order valence-electron chi connectivity index (χ0n) is 8.31. The highest BCUT2D eigenvalue weighted by molar-refractivity contribution is 5.86. The van der Waals surface area contributed by atoms with Crippen molar-refractivity contribution in [2.75, 3.05) is 0 Å². The number of hydrogen-bond acceptors (Lipinski definition) is 3. The summed E-state index contributed by atoms with van der Waals surface area (Å²) in [5.74, 6) is 0.0458. The second-order valence-electron chi connectivity index (χ2n) is 4.45. The Labute approximate surface area is 88.0 Å². The topological polar surface area (TPSA) is 61.4 Å². The van der Waals surface area contributed by atoms with Gasteiger partial charge in [0.25, 0.3) is 0 Å². The summed E-state index contributed by atoms with van der Waals surface area (Å²) < 4.78 is 0. The third-order valence-electron chi connectivity index (χ3n) is 3.62. The van der Waals surface area contributed by atoms with Crippen molar-refractivity contribution in [2.24, 2.45) is 11.8 Å². The van der Waals surface area contributed by atoms with Crippen molar-refractivity contribution in [1.29, 1.82) is 0 Å². The Morgan fingerprint density at radius 1 is 1.53 bits per heavy atom. The van der Waals surface area contributed by atoms with E-state index in [4.69, 9.17) is 5.11 Å². The molecule has 0 aromatic rings. The molecule has 1 aliphatic carbocycles. The number of allylic oxidation sites excluding steroid dienone is 1. The molecule has 4 heteroatoms. The van der Waals surface area contributed by atoms with Gasteiger partial charge in [0.1, 0.15) is 5.70 Å². The average molecular weight is 206 g/mol. The third kappa shape index (κ3) is 1.28. The molecular weight excluding hydrogens is 192 g/mol. The number of carboxylic acid groups (broad SMARTS) is 1. The van der Waals surface area contributed by atoms with Crippen molar-refractivity contribution < 1.29 is 9.90 Å². The molecule has 0 spiro atoms. The first-order chi connectivity index (χ1) is 7.25. The van der Waals surface area contributed by atoms with Gasteiger partial charge in [-0.25, -0.2) is 4.79 Å². The molecule has 0 saturated carbocycles. The summed E-state index contributed by atoms with van der Waals surface area (Å²) >= 11 is 0. The molecule has 1 fully saturated rings. The van der Waals surface area contributed by atoms with Crippen molar-refractivity contribution in [2.45, 2.75) is 25.0 Å². The van der Waals surface area contributed by atoms with Crippen LogP contribution in [-0.4, -0.2) is 23.3 Å². The van der Waals surface area contributed by atoms with Gasteiger partial charge in [0.15, 0.2) is 0 Å². The van der Waals surface area contributed by atoms with E-state index in [9.17, 15) is 4.79 Å². The normalized spacial score (nSPS) is 41.7. The molecule has 0 aromatic carbocycles. The first kappa shape index (κ1) is 8.97. The smallest absolute Gasteiger partial charge is 0.351 e. The summed E-state index contributed by atoms with van der Waals surface area (Å²) in [5.41, 5.74) is 0.352. The molecule has 15 heavy (non-hydrogen) atoms. The fourth-order valence-electron chi connectivity index (χ4n) is 2.93. The largest absolute Gasteiger partial charge is 0.477 e. The molecule has 4 atom stereocenters. The van der Waals surface area contributed by atoms with E-state index < -0.39 is 5.97 Å². The van der Waals surface area contributed by atoms with Gasteiger partial charge >= 0.3 is 5.97 Å². The molecular formula is C11H14N2O2. The highest BCUT2D eigenvalue weighted by atomic mass is 16.4. The average Bonchev–Trinajstić information content (AvgIpc) is 2.73. The van der Waals surface area contributed by atoms with Gasteiger partial charge in [0.05, 0.1) is 6.17 Å². The Hall–Kier alpha value is -1.29. The van der Waals surface area contributed by atoms with Crippen molar-refractivity contribution in [3.63, 3.8) is 0 Å². The zero-order valence-corrected chi connectivity index (χ0v) is 8.31. The van der Waals surface area contributed by atoms with E-state index in [1.165, 1.54) is 0 Å². The molecule has 3 aliphatic rings. The Morgan fingerprint density at radius 2 is 2.40 bits per heavy atom. The first-order valence-electron chi connectivity index (χ1n) is 5.40. The lowest BCUT2D eigenvalue weighted by Crippen LogP contribution is -2.40. The standard InChI is InChI=1S/C11H14N2O2/c14-11(15)9-5-7-6-3-1-2-4-8(6)12-10(7)13-9/h2,4-8,10,12-13H,1,3H2,(H,14,15). The maximum Gasteiger partial charge on any atom is 0.351 e. The maximum absolute atomic E-state index is 10.8. The van der Waals surface area contributed by atoms with Gasteiger partial charge < -0.3 is 10.4 Å². The molecule has 0 amide bonds. The summed E-state index contributed by atoms with van der Waals surface area (Å²) in [6, 6.07) is 0.424. The van der Waals surface area contributed by atoms with Gasteiger partial charge in [-0.2, -0.15) is 0 Å². The van der Waals surface area contributed by atoms with Crippen LogP contribution in [0.2, 0.25) is 0 Å². The molecule has 80 valence electrons. The number of aliphatic carboxylic acids is 1. The van der Waals surface area contributed by atoms with Crippen molar-refractivity contribution in [3.8, 4) is 0 Å². The second kappa shape index (κ2) is 3.10. The number of carbonyl (C=O) groups is 1. The molecule has 0 bridgehead atoms. The molecule has 2 aliphatic heterocycles. The predicted molar refractivity (Wildman–Crippen MR) is 54.9 cm³/mol. The van der Waals surface area contributed by atoms with Crippen LogP contribution in [0.1, 0.15) is 12.8 Å². The number of hydrogen-bond donors (Lipinski definition) is 3. The number of fused-ring (bicyclic) bond motifs is 3. The van der Waals surface area contributed by atoms with E-state index in [0.29, 0.717) is 23.6 Å². The molecule has 1 saturated heterocycles. The summed E-state index contributed by atoms with van der Waals surface area (Å²) in [6.07, 6.45) is 8.68. The van der Waals surface area contributed by atoms with Gasteiger partial charge in [-0.05, 0) is 24.8 Å². The molecule has 0 radical (unpaired) electrons. The van der Waals surface area contributed by atoms with Crippen LogP contribution in [0.5, 0.6) is 0 Å². The van der Waals surface area contributed by atoms with Crippen molar-refractivity contribution in [1.82, 2.24) is 10.6 Å². The third-order valence-corrected chi connectivity index (χ3v) is 3.62. The van der Waals surface area contributed by atoms with Crippen LogP contribution in [0, 0.1) is 11.8 Å². The van der Waals surface area contributed by atoms with Gasteiger partial charge in [0, 0.05) is 12.0 Å². The molecule has 4 unspecified atom stereocenters. The molecule has 3 N–H and O–H groups in total. The van der Waals surface area contributed by atoms with E-state index in [1.54, 1.807) is 0 Å². The van der Waals surface area contributed by atoms with Crippen LogP contribution in [0.3, 0.4) is 0 Å². The van der Waals surface area contributed by atoms with Crippen molar-refractivity contribution in [3.05, 3.63) is 23.9 Å². The number of rotatable bonds is 1. The molecule has 3 rings (SSSR count). The Balaban J connectivity index is 1.85. The summed E-state index contributed by atoms with van der Waals surface area (Å²) in [4.78, 5) is 10.8. The predicted octanol–water partition coefficient (Wildman–Crippen LogP) is 0.438. The minimum Gasteiger partial charge on any atom is -0.477 e. The summed E-state index contributed by atoms with van der Waals surface area (Å²) in [5, 5.41) is 15.3. The first-order valence-corrected chi connectivity index (χ1v) is 5.40. The monoisotopic (exact) mass is 206 g/mol. The maximum atomic E-state index is 10.8. The van der Waals surface area contributed by atoms with E-state index in [2.05, 4.69) is 22.8 Å². The zero-order chi connectivity index (χ0) is 10.4. The lowest BCUT2D eigenvalue weighted by molar-refractivity contribution is -0.133. The molecule has 0 aromatic heterocycles. The summed E-state index contributed by atoms with van der Waals surface area (Å²) in [6.45, 7) is 0. The van der Waals surface area contributed by atoms with Crippen LogP contribution in [0.25, 0.3) is 0 Å². The van der Waals surface area contributed by atoms with Crippen LogP contribution in [0.15, 0.2) is 23.9 Å². The minimum absolute atomic E-state index is 0.119. The van der Waals surface area contributed by atoms with E-state index in [-0.39, 0.29) is 6.17 Å². The minimum atomic E-state index is -0.853. The fourth-order valence-corrected chi connectivity index (χ4v) is 2.93. The number of nitrogens with one attached hydrogen (secondary N) is 2. The lowest BCUT2D eigenvalue weighted by Gasteiger charge is -2.22. The Kier molecular flexibility index (Phi) is 1.85.